The summed E-state index contributed by atoms with van der Waals surface area (Å²) in [5.41, 5.74) is -0.471. The van der Waals surface area contributed by atoms with Crippen LogP contribution in [0.2, 0.25) is 0 Å². The molecule has 1 aliphatic heterocycles. The first-order chi connectivity index (χ1) is 11.8. The van der Waals surface area contributed by atoms with E-state index < -0.39 is 5.60 Å². The Morgan fingerprint density at radius 3 is 2.40 bits per heavy atom. The van der Waals surface area contributed by atoms with E-state index in [-0.39, 0.29) is 18.0 Å². The molecule has 1 unspecified atom stereocenters. The Hall–Kier alpha value is -1.77. The molecule has 6 nitrogen and oxygen atoms in total. The number of amides is 1. The molecule has 0 aromatic rings. The van der Waals surface area contributed by atoms with Gasteiger partial charge in [-0.25, -0.2) is 4.79 Å². The highest BCUT2D eigenvalue weighted by Gasteiger charge is 2.28. The Bertz CT molecular complexity index is 471. The number of ether oxygens (including phenoxy) is 2. The van der Waals surface area contributed by atoms with E-state index in [0.717, 1.165) is 25.7 Å². The summed E-state index contributed by atoms with van der Waals surface area (Å²) < 4.78 is 10.5. The Morgan fingerprint density at radius 1 is 1.24 bits per heavy atom. The Labute approximate surface area is 151 Å². The van der Waals surface area contributed by atoms with Crippen LogP contribution in [0.1, 0.15) is 66.2 Å². The molecular formula is C19H32N2O4. The first-order valence-electron chi connectivity index (χ1n) is 9.28. The summed E-state index contributed by atoms with van der Waals surface area (Å²) in [4.78, 5) is 25.8. The zero-order chi connectivity index (χ0) is 18.9. The normalized spacial score (nSPS) is 16.8. The number of hydrogen-bond acceptors (Lipinski definition) is 5. The molecule has 1 heterocycles. The Morgan fingerprint density at radius 2 is 1.88 bits per heavy atom. The van der Waals surface area contributed by atoms with Gasteiger partial charge in [-0.1, -0.05) is 0 Å². The van der Waals surface area contributed by atoms with E-state index in [4.69, 9.17) is 14.7 Å². The van der Waals surface area contributed by atoms with Crippen molar-refractivity contribution in [3.63, 3.8) is 0 Å². The van der Waals surface area contributed by atoms with Crippen molar-refractivity contribution in [1.82, 2.24) is 4.90 Å². The molecule has 1 atom stereocenters. The van der Waals surface area contributed by atoms with Gasteiger partial charge in [0.2, 0.25) is 0 Å². The highest BCUT2D eigenvalue weighted by atomic mass is 16.6. The van der Waals surface area contributed by atoms with Gasteiger partial charge in [-0.2, -0.15) is 5.26 Å². The van der Waals surface area contributed by atoms with Crippen LogP contribution in [-0.2, 0) is 14.3 Å². The van der Waals surface area contributed by atoms with Crippen LogP contribution >= 0.6 is 0 Å². The largest absolute Gasteiger partial charge is 0.466 e. The summed E-state index contributed by atoms with van der Waals surface area (Å²) in [5.74, 6) is 0.116. The minimum atomic E-state index is -0.471. The number of carbonyl (C=O) groups is 2. The van der Waals surface area contributed by atoms with Crippen LogP contribution < -0.4 is 0 Å². The molecule has 1 aliphatic rings. The molecule has 0 spiro atoms. The number of nitrogens with zero attached hydrogens (tertiary/aromatic N) is 2. The second-order valence-corrected chi connectivity index (χ2v) is 7.63. The van der Waals surface area contributed by atoms with Gasteiger partial charge in [0.15, 0.2) is 0 Å². The van der Waals surface area contributed by atoms with Crippen molar-refractivity contribution >= 4 is 12.1 Å². The molecule has 0 saturated carbocycles. The topological polar surface area (TPSA) is 79.6 Å². The first-order valence-corrected chi connectivity index (χ1v) is 9.28. The van der Waals surface area contributed by atoms with Gasteiger partial charge in [0.25, 0.3) is 0 Å². The zero-order valence-electron chi connectivity index (χ0n) is 16.0. The van der Waals surface area contributed by atoms with E-state index >= 15 is 0 Å². The maximum Gasteiger partial charge on any atom is 0.410 e. The highest BCUT2D eigenvalue weighted by molar-refractivity contribution is 5.72. The van der Waals surface area contributed by atoms with E-state index in [9.17, 15) is 9.59 Å². The van der Waals surface area contributed by atoms with Crippen LogP contribution in [0.3, 0.4) is 0 Å². The lowest BCUT2D eigenvalue weighted by atomic mass is 9.87. The van der Waals surface area contributed by atoms with Gasteiger partial charge < -0.3 is 14.4 Å². The Kier molecular flexibility index (Phi) is 8.74. The highest BCUT2D eigenvalue weighted by Crippen LogP contribution is 2.27. The Balaban J connectivity index is 2.40. The summed E-state index contributed by atoms with van der Waals surface area (Å²) in [7, 11) is 0. The van der Waals surface area contributed by atoms with Crippen molar-refractivity contribution < 1.29 is 19.1 Å². The van der Waals surface area contributed by atoms with Crippen LogP contribution in [0.5, 0.6) is 0 Å². The molecule has 0 aromatic carbocycles. The number of rotatable bonds is 7. The fourth-order valence-electron chi connectivity index (χ4n) is 3.05. The fraction of sp³-hybridized carbons (Fsp3) is 0.842. The summed E-state index contributed by atoms with van der Waals surface area (Å²) in [6, 6.07) is 2.10. The van der Waals surface area contributed by atoms with Gasteiger partial charge in [0, 0.05) is 19.5 Å². The van der Waals surface area contributed by atoms with Crippen molar-refractivity contribution in [2.24, 2.45) is 11.8 Å². The summed E-state index contributed by atoms with van der Waals surface area (Å²) in [5, 5.41) is 8.75. The average molecular weight is 352 g/mol. The lowest BCUT2D eigenvalue weighted by molar-refractivity contribution is -0.148. The maximum atomic E-state index is 12.1. The second kappa shape index (κ2) is 10.3. The van der Waals surface area contributed by atoms with Crippen LogP contribution in [0, 0.1) is 23.2 Å². The second-order valence-electron chi connectivity index (χ2n) is 7.63. The maximum absolute atomic E-state index is 12.1. The van der Waals surface area contributed by atoms with E-state index in [2.05, 4.69) is 6.07 Å². The van der Waals surface area contributed by atoms with E-state index in [0.29, 0.717) is 38.5 Å². The predicted octanol–water partition coefficient (Wildman–Crippen LogP) is 3.90. The molecule has 1 fully saturated rings. The minimum Gasteiger partial charge on any atom is -0.466 e. The molecule has 0 radical (unpaired) electrons. The molecule has 0 aromatic heterocycles. The third kappa shape index (κ3) is 8.24. The lowest BCUT2D eigenvalue weighted by Gasteiger charge is -2.33. The molecule has 0 N–H and O–H groups in total. The summed E-state index contributed by atoms with van der Waals surface area (Å²) in [6.45, 7) is 9.17. The van der Waals surface area contributed by atoms with Gasteiger partial charge in [-0.05, 0) is 65.7 Å². The third-order valence-electron chi connectivity index (χ3n) is 4.41. The van der Waals surface area contributed by atoms with Gasteiger partial charge in [0.05, 0.1) is 18.6 Å². The standard InChI is InChI=1S/C19H32N2O4/c1-5-24-17(22)16(7-6-12-20)9-8-15-10-13-21(14-11-15)18(23)25-19(2,3)4/h15-16H,5-11,13-14H2,1-4H3. The number of likely N-dealkylation sites (tertiary alicyclic amines) is 1. The van der Waals surface area contributed by atoms with Crippen LogP contribution in [0.15, 0.2) is 0 Å². The molecule has 25 heavy (non-hydrogen) atoms. The van der Waals surface area contributed by atoms with Crippen LogP contribution in [0.25, 0.3) is 0 Å². The van der Waals surface area contributed by atoms with Gasteiger partial charge >= 0.3 is 12.1 Å². The molecule has 0 aliphatic carbocycles. The molecule has 1 rings (SSSR count). The fourth-order valence-corrected chi connectivity index (χ4v) is 3.05. The van der Waals surface area contributed by atoms with Crippen LogP contribution in [-0.4, -0.2) is 42.3 Å². The number of carbonyl (C=O) groups excluding carboxylic acids is 2. The molecule has 6 heteroatoms. The van der Waals surface area contributed by atoms with E-state index in [1.807, 2.05) is 20.8 Å². The van der Waals surface area contributed by atoms with Gasteiger partial charge in [-0.15, -0.1) is 0 Å². The molecule has 142 valence electrons. The molecule has 1 saturated heterocycles. The van der Waals surface area contributed by atoms with E-state index in [1.165, 1.54) is 0 Å². The monoisotopic (exact) mass is 352 g/mol. The predicted molar refractivity (Wildman–Crippen MR) is 94.7 cm³/mol. The molecule has 1 amide bonds. The van der Waals surface area contributed by atoms with Crippen LogP contribution in [0.4, 0.5) is 4.79 Å². The van der Waals surface area contributed by atoms with Crippen molar-refractivity contribution in [2.75, 3.05) is 19.7 Å². The van der Waals surface area contributed by atoms with Gasteiger partial charge in [0.1, 0.15) is 5.60 Å². The van der Waals surface area contributed by atoms with Gasteiger partial charge in [-0.3, -0.25) is 4.79 Å². The van der Waals surface area contributed by atoms with Crippen molar-refractivity contribution in [1.29, 1.82) is 5.26 Å². The summed E-state index contributed by atoms with van der Waals surface area (Å²) in [6.07, 6.45) is 4.21. The third-order valence-corrected chi connectivity index (χ3v) is 4.41. The van der Waals surface area contributed by atoms with Crippen molar-refractivity contribution in [3.8, 4) is 6.07 Å². The first kappa shape index (κ1) is 21.3. The molecule has 0 bridgehead atoms. The molecular weight excluding hydrogens is 320 g/mol. The number of esters is 1. The zero-order valence-corrected chi connectivity index (χ0v) is 16.0. The minimum absolute atomic E-state index is 0.191. The SMILES string of the molecule is CCOC(=O)C(CCC#N)CCC1CCN(C(=O)OC(C)(C)C)CC1. The van der Waals surface area contributed by atoms with E-state index in [1.54, 1.807) is 11.8 Å². The lowest BCUT2D eigenvalue weighted by Crippen LogP contribution is -2.41. The van der Waals surface area contributed by atoms with Crippen molar-refractivity contribution in [2.45, 2.75) is 71.8 Å². The number of nitriles is 1. The summed E-state index contributed by atoms with van der Waals surface area (Å²) >= 11 is 0. The number of piperidine rings is 1. The quantitative estimate of drug-likeness (QED) is 0.649. The average Bonchev–Trinajstić information content (AvgIpc) is 2.54. The van der Waals surface area contributed by atoms with Crippen molar-refractivity contribution in [3.05, 3.63) is 0 Å². The number of hydrogen-bond donors (Lipinski definition) is 0. The smallest absolute Gasteiger partial charge is 0.410 e.